The minimum absolute atomic E-state index is 0.150. The summed E-state index contributed by atoms with van der Waals surface area (Å²) in [6, 6.07) is 5.98. The van der Waals surface area contributed by atoms with E-state index < -0.39 is 0 Å². The molecule has 0 saturated heterocycles. The number of ether oxygens (including phenoxy) is 2. The van der Waals surface area contributed by atoms with Crippen LogP contribution in [0.4, 0.5) is 5.00 Å². The first kappa shape index (κ1) is 22.7. The van der Waals surface area contributed by atoms with E-state index in [1.165, 1.54) is 11.3 Å². The molecular weight excluding hydrogens is 484 g/mol. The number of halogens is 1. The SMILES string of the molecule is COc1cc(Br)c(CCC(=O)Nc2sc(=S)c3c(c2C#N)CCC(C)C3)cc1OC. The molecule has 0 fully saturated rings. The first-order chi connectivity index (χ1) is 14.4. The number of amides is 1. The van der Waals surface area contributed by atoms with Crippen molar-refractivity contribution in [1.29, 1.82) is 5.26 Å². The molecule has 8 heteroatoms. The number of carbonyl (C=O) groups is 1. The topological polar surface area (TPSA) is 71.3 Å². The fraction of sp³-hybridized carbons (Fsp3) is 0.409. The molecule has 0 bridgehead atoms. The third-order valence-corrected chi connectivity index (χ3v) is 7.49. The molecule has 1 aromatic heterocycles. The van der Waals surface area contributed by atoms with Gasteiger partial charge in [0, 0.05) is 10.9 Å². The second kappa shape index (κ2) is 9.90. The zero-order chi connectivity index (χ0) is 21.8. The van der Waals surface area contributed by atoms with Crippen LogP contribution in [0.25, 0.3) is 0 Å². The number of carbonyl (C=O) groups excluding carboxylic acids is 1. The van der Waals surface area contributed by atoms with Crippen LogP contribution in [0.2, 0.25) is 0 Å². The molecule has 1 amide bonds. The second-order valence-electron chi connectivity index (χ2n) is 7.36. The summed E-state index contributed by atoms with van der Waals surface area (Å²) in [5.41, 5.74) is 3.63. The molecule has 0 spiro atoms. The van der Waals surface area contributed by atoms with Crippen LogP contribution in [0, 0.1) is 21.1 Å². The molecule has 3 rings (SSSR count). The van der Waals surface area contributed by atoms with E-state index in [9.17, 15) is 10.1 Å². The largest absolute Gasteiger partial charge is 0.493 e. The van der Waals surface area contributed by atoms with Gasteiger partial charge >= 0.3 is 0 Å². The van der Waals surface area contributed by atoms with Gasteiger partial charge in [-0.3, -0.25) is 4.79 Å². The highest BCUT2D eigenvalue weighted by molar-refractivity contribution is 9.10. The van der Waals surface area contributed by atoms with Gasteiger partial charge in [-0.15, -0.1) is 11.3 Å². The van der Waals surface area contributed by atoms with Crippen LogP contribution in [-0.2, 0) is 24.1 Å². The van der Waals surface area contributed by atoms with Crippen LogP contribution < -0.4 is 14.8 Å². The Labute approximate surface area is 194 Å². The third-order valence-electron chi connectivity index (χ3n) is 5.31. The first-order valence-corrected chi connectivity index (χ1v) is 11.7. The minimum atomic E-state index is -0.150. The van der Waals surface area contributed by atoms with Gasteiger partial charge in [-0.05, 0) is 60.4 Å². The van der Waals surface area contributed by atoms with Crippen LogP contribution in [0.3, 0.4) is 0 Å². The molecule has 0 saturated carbocycles. The predicted octanol–water partition coefficient (Wildman–Crippen LogP) is 5.83. The Hall–Kier alpha value is -1.95. The van der Waals surface area contributed by atoms with Crippen molar-refractivity contribution in [3.05, 3.63) is 42.7 Å². The highest BCUT2D eigenvalue weighted by atomic mass is 79.9. The van der Waals surface area contributed by atoms with Crippen LogP contribution in [0.1, 0.15) is 42.0 Å². The summed E-state index contributed by atoms with van der Waals surface area (Å²) in [6.07, 6.45) is 3.56. The Bertz CT molecular complexity index is 1080. The molecule has 0 radical (unpaired) electrons. The number of rotatable bonds is 6. The van der Waals surface area contributed by atoms with Crippen molar-refractivity contribution >= 4 is 50.4 Å². The quantitative estimate of drug-likeness (QED) is 0.499. The lowest BCUT2D eigenvalue weighted by molar-refractivity contribution is -0.116. The van der Waals surface area contributed by atoms with E-state index in [4.69, 9.17) is 21.7 Å². The lowest BCUT2D eigenvalue weighted by Crippen LogP contribution is -2.17. The average molecular weight is 507 g/mol. The number of benzene rings is 1. The zero-order valence-electron chi connectivity index (χ0n) is 17.1. The summed E-state index contributed by atoms with van der Waals surface area (Å²) >= 11 is 10.4. The smallest absolute Gasteiger partial charge is 0.225 e. The second-order valence-corrected chi connectivity index (χ2v) is 9.90. The minimum Gasteiger partial charge on any atom is -0.493 e. The molecular formula is C22H23BrN2O3S2. The molecule has 158 valence electrons. The van der Waals surface area contributed by atoms with E-state index in [0.29, 0.717) is 34.4 Å². The number of nitriles is 1. The van der Waals surface area contributed by atoms with Gasteiger partial charge in [0.15, 0.2) is 11.5 Å². The molecule has 5 nitrogen and oxygen atoms in total. The maximum Gasteiger partial charge on any atom is 0.225 e. The summed E-state index contributed by atoms with van der Waals surface area (Å²) in [5, 5.41) is 13.2. The lowest BCUT2D eigenvalue weighted by atomic mass is 9.85. The summed E-state index contributed by atoms with van der Waals surface area (Å²) in [5.74, 6) is 1.66. The van der Waals surface area contributed by atoms with Crippen molar-refractivity contribution in [2.24, 2.45) is 5.92 Å². The summed E-state index contributed by atoms with van der Waals surface area (Å²) < 4.78 is 12.3. The molecule has 1 aliphatic carbocycles. The number of aryl methyl sites for hydroxylation is 1. The maximum absolute atomic E-state index is 12.7. The Balaban J connectivity index is 1.77. The number of anilines is 1. The monoisotopic (exact) mass is 506 g/mol. The number of hydrogen-bond acceptors (Lipinski definition) is 6. The number of nitrogens with zero attached hydrogens (tertiary/aromatic N) is 1. The number of methoxy groups -OCH3 is 2. The van der Waals surface area contributed by atoms with Gasteiger partial charge in [-0.25, -0.2) is 0 Å². The highest BCUT2D eigenvalue weighted by Crippen LogP contribution is 2.36. The van der Waals surface area contributed by atoms with Gasteiger partial charge in [0.05, 0.1) is 23.6 Å². The Kier molecular flexibility index (Phi) is 7.50. The van der Waals surface area contributed by atoms with Gasteiger partial charge in [0.25, 0.3) is 0 Å². The molecule has 1 aliphatic rings. The molecule has 1 N–H and O–H groups in total. The maximum atomic E-state index is 12.7. The molecule has 2 aromatic rings. The van der Waals surface area contributed by atoms with Crippen molar-refractivity contribution in [3.8, 4) is 17.6 Å². The predicted molar refractivity (Wildman–Crippen MR) is 125 cm³/mol. The Morgan fingerprint density at radius 1 is 1.33 bits per heavy atom. The molecule has 1 atom stereocenters. The van der Waals surface area contributed by atoms with Crippen molar-refractivity contribution < 1.29 is 14.3 Å². The molecule has 1 heterocycles. The molecule has 0 aliphatic heterocycles. The first-order valence-electron chi connectivity index (χ1n) is 9.67. The highest BCUT2D eigenvalue weighted by Gasteiger charge is 2.23. The number of hydrogen-bond donors (Lipinski definition) is 1. The van der Waals surface area contributed by atoms with Gasteiger partial charge in [0.1, 0.15) is 11.1 Å². The van der Waals surface area contributed by atoms with Crippen molar-refractivity contribution in [2.75, 3.05) is 19.5 Å². The van der Waals surface area contributed by atoms with E-state index in [1.54, 1.807) is 14.2 Å². The summed E-state index contributed by atoms with van der Waals surface area (Å²) in [4.78, 5) is 12.7. The van der Waals surface area contributed by atoms with Crippen LogP contribution in [-0.4, -0.2) is 20.1 Å². The van der Waals surface area contributed by atoms with E-state index in [-0.39, 0.29) is 12.3 Å². The standard InChI is InChI=1S/C22H23BrN2O3S2/c1-12-4-6-14-15(8-12)22(29)30-21(16(14)11-24)25-20(26)7-5-13-9-18(27-2)19(28-3)10-17(13)23/h9-10,12H,4-8H2,1-3H3,(H,25,26). The van der Waals surface area contributed by atoms with E-state index >= 15 is 0 Å². The Morgan fingerprint density at radius 2 is 2.03 bits per heavy atom. The van der Waals surface area contributed by atoms with E-state index in [0.717, 1.165) is 44.2 Å². The van der Waals surface area contributed by atoms with Crippen molar-refractivity contribution in [1.82, 2.24) is 0 Å². The van der Waals surface area contributed by atoms with Crippen LogP contribution in [0.15, 0.2) is 16.6 Å². The number of nitrogens with one attached hydrogen (secondary N) is 1. The lowest BCUT2D eigenvalue weighted by Gasteiger charge is -2.23. The average Bonchev–Trinajstić information content (AvgIpc) is 2.73. The van der Waals surface area contributed by atoms with Crippen LogP contribution >= 0.6 is 39.5 Å². The normalized spacial score (nSPS) is 15.1. The number of fused-ring (bicyclic) bond motifs is 1. The summed E-state index contributed by atoms with van der Waals surface area (Å²) in [6.45, 7) is 2.20. The third kappa shape index (κ3) is 4.85. The van der Waals surface area contributed by atoms with E-state index in [2.05, 4.69) is 34.2 Å². The van der Waals surface area contributed by atoms with Gasteiger partial charge in [-0.2, -0.15) is 5.26 Å². The molecule has 1 unspecified atom stereocenters. The van der Waals surface area contributed by atoms with Gasteiger partial charge in [0.2, 0.25) is 5.91 Å². The van der Waals surface area contributed by atoms with Crippen molar-refractivity contribution in [2.45, 2.75) is 39.0 Å². The van der Waals surface area contributed by atoms with Crippen LogP contribution in [0.5, 0.6) is 11.5 Å². The van der Waals surface area contributed by atoms with E-state index in [1.807, 2.05) is 12.1 Å². The zero-order valence-corrected chi connectivity index (χ0v) is 20.4. The van der Waals surface area contributed by atoms with Gasteiger partial charge < -0.3 is 14.8 Å². The fourth-order valence-corrected chi connectivity index (χ4v) is 5.60. The Morgan fingerprint density at radius 3 is 2.70 bits per heavy atom. The molecule has 1 aromatic carbocycles. The summed E-state index contributed by atoms with van der Waals surface area (Å²) in [7, 11) is 3.16. The van der Waals surface area contributed by atoms with Gasteiger partial charge in [-0.1, -0.05) is 35.1 Å². The van der Waals surface area contributed by atoms with Crippen molar-refractivity contribution in [3.63, 3.8) is 0 Å². The molecule has 30 heavy (non-hydrogen) atoms. The fourth-order valence-electron chi connectivity index (χ4n) is 3.67.